The SMILES string of the molecule is CCP(c1ccccc1)c1ccccc1.[Cl][Pd]([Cl])[P](c1ccccc1)c1ccccc1. The molecule has 0 amide bonds. The van der Waals surface area contributed by atoms with E-state index in [-0.39, 0.29) is 7.92 Å². The van der Waals surface area contributed by atoms with Crippen molar-refractivity contribution in [2.45, 2.75) is 6.92 Å². The summed E-state index contributed by atoms with van der Waals surface area (Å²) >= 11 is -1.51. The second-order valence-corrected chi connectivity index (χ2v) is 20.6. The topological polar surface area (TPSA) is 0 Å². The maximum atomic E-state index is 6.22. The van der Waals surface area contributed by atoms with E-state index in [4.69, 9.17) is 19.1 Å². The van der Waals surface area contributed by atoms with Gasteiger partial charge < -0.3 is 0 Å². The first-order chi connectivity index (χ1) is 15.2. The molecule has 0 atom stereocenters. The molecule has 0 saturated heterocycles. The van der Waals surface area contributed by atoms with Gasteiger partial charge in [-0.25, -0.2) is 0 Å². The van der Waals surface area contributed by atoms with Crippen LogP contribution in [0.5, 0.6) is 0 Å². The van der Waals surface area contributed by atoms with Crippen molar-refractivity contribution in [1.82, 2.24) is 0 Å². The molecule has 31 heavy (non-hydrogen) atoms. The molecule has 0 bridgehead atoms. The molecule has 0 saturated carbocycles. The summed E-state index contributed by atoms with van der Waals surface area (Å²) in [5.41, 5.74) is 0. The van der Waals surface area contributed by atoms with Gasteiger partial charge in [-0.1, -0.05) is 67.6 Å². The zero-order valence-corrected chi connectivity index (χ0v) is 22.1. The van der Waals surface area contributed by atoms with E-state index in [1.807, 2.05) is 36.4 Å². The van der Waals surface area contributed by atoms with Gasteiger partial charge >= 0.3 is 111 Å². The monoisotopic (exact) mass is 575 g/mol. The molecule has 0 N–H and O–H groups in total. The van der Waals surface area contributed by atoms with Gasteiger partial charge in [0.2, 0.25) is 0 Å². The van der Waals surface area contributed by atoms with Crippen molar-refractivity contribution in [2.24, 2.45) is 0 Å². The van der Waals surface area contributed by atoms with Crippen LogP contribution < -0.4 is 21.2 Å². The Hall–Kier alpha value is -1.02. The zero-order valence-electron chi connectivity index (χ0n) is 17.2. The molecule has 0 radical (unpaired) electrons. The number of benzene rings is 4. The van der Waals surface area contributed by atoms with Crippen molar-refractivity contribution in [3.05, 3.63) is 121 Å². The van der Waals surface area contributed by atoms with Crippen molar-refractivity contribution in [3.8, 4) is 0 Å². The van der Waals surface area contributed by atoms with Gasteiger partial charge in [-0.2, -0.15) is 0 Å². The Labute approximate surface area is 201 Å². The van der Waals surface area contributed by atoms with Gasteiger partial charge in [-0.05, 0) is 24.7 Å². The predicted molar refractivity (Wildman–Crippen MR) is 140 cm³/mol. The molecule has 4 aromatic carbocycles. The summed E-state index contributed by atoms with van der Waals surface area (Å²) in [6, 6.07) is 42.2. The fourth-order valence-corrected chi connectivity index (χ4v) is 14.2. The van der Waals surface area contributed by atoms with Crippen LogP contribution in [0.4, 0.5) is 0 Å². The van der Waals surface area contributed by atoms with Crippen LogP contribution in [-0.4, -0.2) is 6.16 Å². The molecule has 163 valence electrons. The number of hydrogen-bond donors (Lipinski definition) is 0. The van der Waals surface area contributed by atoms with Crippen molar-refractivity contribution in [1.29, 1.82) is 0 Å². The van der Waals surface area contributed by atoms with Crippen molar-refractivity contribution in [2.75, 3.05) is 6.16 Å². The van der Waals surface area contributed by atoms with Gasteiger partial charge in [0.15, 0.2) is 0 Å². The van der Waals surface area contributed by atoms with Gasteiger partial charge in [-0.15, -0.1) is 0 Å². The minimum atomic E-state index is -1.51. The third-order valence-electron chi connectivity index (χ3n) is 4.49. The normalized spacial score (nSPS) is 11.1. The van der Waals surface area contributed by atoms with Crippen LogP contribution >= 0.6 is 33.1 Å². The van der Waals surface area contributed by atoms with Crippen LogP contribution in [0.3, 0.4) is 0 Å². The first-order valence-corrected chi connectivity index (χ1v) is 18.7. The first kappa shape index (κ1) is 24.6. The molecule has 0 aromatic heterocycles. The van der Waals surface area contributed by atoms with E-state index in [2.05, 4.69) is 91.9 Å². The summed E-state index contributed by atoms with van der Waals surface area (Å²) in [4.78, 5) is 0. The molecule has 0 nitrogen and oxygen atoms in total. The molecular weight excluding hydrogens is 552 g/mol. The van der Waals surface area contributed by atoms with Crippen molar-refractivity contribution < 1.29 is 14.2 Å². The van der Waals surface area contributed by atoms with Crippen LogP contribution in [0.15, 0.2) is 121 Å². The van der Waals surface area contributed by atoms with Crippen LogP contribution in [0, 0.1) is 0 Å². The maximum absolute atomic E-state index is 6.22. The molecule has 0 heterocycles. The summed E-state index contributed by atoms with van der Waals surface area (Å²) in [5, 5.41) is 5.46. The fourth-order valence-electron chi connectivity index (χ4n) is 3.10. The van der Waals surface area contributed by atoms with Crippen molar-refractivity contribution >= 4 is 54.3 Å². The van der Waals surface area contributed by atoms with Crippen LogP contribution in [-0.2, 0) is 14.2 Å². The van der Waals surface area contributed by atoms with Gasteiger partial charge in [0.25, 0.3) is 0 Å². The van der Waals surface area contributed by atoms with Crippen molar-refractivity contribution in [3.63, 3.8) is 0 Å². The van der Waals surface area contributed by atoms with E-state index in [1.165, 1.54) is 27.4 Å². The molecule has 0 aliphatic heterocycles. The Morgan fingerprint density at radius 3 is 1.06 bits per heavy atom. The summed E-state index contributed by atoms with van der Waals surface area (Å²) in [5.74, 6) is 0. The Morgan fingerprint density at radius 2 is 0.806 bits per heavy atom. The van der Waals surface area contributed by atoms with E-state index in [0.717, 1.165) is 0 Å². The minimum absolute atomic E-state index is 0.149. The Morgan fingerprint density at radius 1 is 0.516 bits per heavy atom. The second kappa shape index (κ2) is 13.5. The standard InChI is InChI=1S/C14H15P.C12H10P.2ClH.Pd/c1-2-15(13-9-5-3-6-10-13)14-11-7-4-8-12-14;1-3-7-11(8-4-1)13-12-9-5-2-6-10-12;;;/h3-12H,2H2,1H3;1-10H;2*1H;/q;-1;;;+3/p-2. The Bertz CT molecular complexity index is 922. The van der Waals surface area contributed by atoms with Crippen LogP contribution in [0.1, 0.15) is 6.92 Å². The fraction of sp³-hybridized carbons (Fsp3) is 0.0769. The first-order valence-electron chi connectivity index (χ1n) is 9.94. The number of rotatable bonds is 6. The zero-order chi connectivity index (χ0) is 21.9. The molecule has 0 spiro atoms. The average molecular weight is 577 g/mol. The second-order valence-electron chi connectivity index (χ2n) is 6.49. The molecule has 0 fully saturated rings. The molecule has 0 aliphatic rings. The summed E-state index contributed by atoms with van der Waals surface area (Å²) in [6.45, 7) is 2.27. The van der Waals surface area contributed by atoms with Crippen LogP contribution in [0.2, 0.25) is 0 Å². The van der Waals surface area contributed by atoms with E-state index in [9.17, 15) is 0 Å². The van der Waals surface area contributed by atoms with Gasteiger partial charge in [0, 0.05) is 0 Å². The summed E-state index contributed by atoms with van der Waals surface area (Å²) in [7, 11) is 12.3. The van der Waals surface area contributed by atoms with Gasteiger partial charge in [0.05, 0.1) is 0 Å². The molecule has 0 unspecified atom stereocenters. The van der Waals surface area contributed by atoms with E-state index in [1.54, 1.807) is 0 Å². The molecule has 5 heteroatoms. The molecular formula is C26H25Cl2P2Pd. The molecule has 0 aliphatic carbocycles. The van der Waals surface area contributed by atoms with E-state index in [0.29, 0.717) is 0 Å². The summed E-state index contributed by atoms with van der Waals surface area (Å²) < 4.78 is 0. The number of halogens is 2. The van der Waals surface area contributed by atoms with E-state index < -0.39 is 20.3 Å². The predicted octanol–water partition coefficient (Wildman–Crippen LogP) is 7.10. The van der Waals surface area contributed by atoms with Gasteiger partial charge in [0.1, 0.15) is 0 Å². The van der Waals surface area contributed by atoms with Crippen LogP contribution in [0.25, 0.3) is 0 Å². The molecule has 4 aromatic rings. The van der Waals surface area contributed by atoms with E-state index >= 15 is 0 Å². The average Bonchev–Trinajstić information content (AvgIpc) is 2.83. The number of hydrogen-bond acceptors (Lipinski definition) is 0. The summed E-state index contributed by atoms with van der Waals surface area (Å²) in [6.07, 6.45) is 0.649. The Kier molecular flexibility index (Phi) is 10.7. The van der Waals surface area contributed by atoms with Gasteiger partial charge in [-0.3, -0.25) is 0 Å². The third-order valence-corrected chi connectivity index (χ3v) is 16.4. The molecule has 4 rings (SSSR count). The third kappa shape index (κ3) is 7.52. The Balaban J connectivity index is 0.000000176. The quantitative estimate of drug-likeness (QED) is 0.170.